The molecule has 0 saturated carbocycles. The summed E-state index contributed by atoms with van der Waals surface area (Å²) in [5, 5.41) is 0. The molecule has 1 atom stereocenters. The number of hydrogen-bond donors (Lipinski definition) is 1. The zero-order chi connectivity index (χ0) is 14.9. The highest BCUT2D eigenvalue weighted by molar-refractivity contribution is 9.10. The van der Waals surface area contributed by atoms with E-state index in [0.717, 1.165) is 12.1 Å². The van der Waals surface area contributed by atoms with E-state index in [0.29, 0.717) is 14.5 Å². The zero-order valence-electron chi connectivity index (χ0n) is 10.1. The Morgan fingerprint density at radius 3 is 2.15 bits per heavy atom. The van der Waals surface area contributed by atoms with Crippen LogP contribution in [0.15, 0.2) is 39.3 Å². The molecule has 2 rings (SSSR count). The van der Waals surface area contributed by atoms with Gasteiger partial charge in [-0.3, -0.25) is 0 Å². The molecule has 0 aromatic heterocycles. The first-order valence-corrected chi connectivity index (χ1v) is 7.31. The third kappa shape index (κ3) is 3.42. The lowest BCUT2D eigenvalue weighted by atomic mass is 9.99. The van der Waals surface area contributed by atoms with Crippen LogP contribution >= 0.6 is 31.9 Å². The Morgan fingerprint density at radius 2 is 1.60 bits per heavy atom. The highest BCUT2D eigenvalue weighted by atomic mass is 79.9. The minimum absolute atomic E-state index is 0.176. The predicted molar refractivity (Wildman–Crippen MR) is 78.8 cm³/mol. The molecule has 0 fully saturated rings. The lowest BCUT2D eigenvalue weighted by Gasteiger charge is -2.15. The van der Waals surface area contributed by atoms with Crippen molar-refractivity contribution in [3.05, 3.63) is 67.9 Å². The minimum atomic E-state index is -0.857. The van der Waals surface area contributed by atoms with E-state index >= 15 is 0 Å². The highest BCUT2D eigenvalue weighted by Crippen LogP contribution is 2.28. The van der Waals surface area contributed by atoms with E-state index in [9.17, 15) is 13.2 Å². The Hall–Kier alpha value is -0.850. The summed E-state index contributed by atoms with van der Waals surface area (Å²) in [6.45, 7) is 0. The normalized spacial score (nSPS) is 12.5. The number of halogens is 5. The molecule has 106 valence electrons. The molecule has 2 aromatic rings. The molecular weight excluding hydrogens is 399 g/mol. The van der Waals surface area contributed by atoms with Crippen LogP contribution in [-0.2, 0) is 6.42 Å². The van der Waals surface area contributed by atoms with Gasteiger partial charge in [0.1, 0.15) is 17.5 Å². The minimum Gasteiger partial charge on any atom is -0.323 e. The second kappa shape index (κ2) is 6.28. The standard InChI is InChI=1S/C14H10Br2F3N/c15-8-4-11(18)14(12(19)5-8)13(20)3-7-1-2-9(17)6-10(7)16/h1-2,4-6,13H,3,20H2. The van der Waals surface area contributed by atoms with Crippen molar-refractivity contribution in [3.63, 3.8) is 0 Å². The van der Waals surface area contributed by atoms with Crippen molar-refractivity contribution >= 4 is 31.9 Å². The van der Waals surface area contributed by atoms with E-state index in [1.165, 1.54) is 18.2 Å². The third-order valence-corrected chi connectivity index (χ3v) is 4.07. The van der Waals surface area contributed by atoms with Gasteiger partial charge in [-0.2, -0.15) is 0 Å². The van der Waals surface area contributed by atoms with E-state index in [4.69, 9.17) is 5.73 Å². The fraction of sp³-hybridized carbons (Fsp3) is 0.143. The lowest BCUT2D eigenvalue weighted by Crippen LogP contribution is -2.17. The molecule has 0 aliphatic heterocycles. The quantitative estimate of drug-likeness (QED) is 0.770. The largest absolute Gasteiger partial charge is 0.323 e. The Kier molecular flexibility index (Phi) is 4.88. The predicted octanol–water partition coefficient (Wildman–Crippen LogP) is 4.87. The van der Waals surface area contributed by atoms with Gasteiger partial charge in [0.25, 0.3) is 0 Å². The molecule has 2 aromatic carbocycles. The lowest BCUT2D eigenvalue weighted by molar-refractivity contribution is 0.523. The summed E-state index contributed by atoms with van der Waals surface area (Å²) in [7, 11) is 0. The summed E-state index contributed by atoms with van der Waals surface area (Å²) in [5.74, 6) is -1.81. The number of rotatable bonds is 3. The molecule has 1 unspecified atom stereocenters. The van der Waals surface area contributed by atoms with E-state index in [1.807, 2.05) is 0 Å². The molecule has 0 aliphatic rings. The molecule has 0 amide bonds. The first kappa shape index (κ1) is 15.5. The molecule has 1 nitrogen and oxygen atoms in total. The van der Waals surface area contributed by atoms with E-state index in [2.05, 4.69) is 31.9 Å². The van der Waals surface area contributed by atoms with Gasteiger partial charge in [0.15, 0.2) is 0 Å². The molecule has 0 aliphatic carbocycles. The Bertz CT molecular complexity index is 623. The smallest absolute Gasteiger partial charge is 0.132 e. The molecular formula is C14H10Br2F3N. The molecule has 0 saturated heterocycles. The van der Waals surface area contributed by atoms with Gasteiger partial charge in [0.2, 0.25) is 0 Å². The van der Waals surface area contributed by atoms with Crippen LogP contribution in [0.3, 0.4) is 0 Å². The maximum Gasteiger partial charge on any atom is 0.132 e. The number of nitrogens with two attached hydrogens (primary N) is 1. The van der Waals surface area contributed by atoms with Gasteiger partial charge in [0.05, 0.1) is 0 Å². The van der Waals surface area contributed by atoms with Crippen molar-refractivity contribution in [2.45, 2.75) is 12.5 Å². The molecule has 0 radical (unpaired) electrons. The zero-order valence-corrected chi connectivity index (χ0v) is 13.3. The van der Waals surface area contributed by atoms with E-state index < -0.39 is 23.5 Å². The summed E-state index contributed by atoms with van der Waals surface area (Å²) >= 11 is 6.22. The van der Waals surface area contributed by atoms with Gasteiger partial charge in [-0.25, -0.2) is 13.2 Å². The van der Waals surface area contributed by atoms with Crippen LogP contribution in [0.1, 0.15) is 17.2 Å². The first-order chi connectivity index (χ1) is 9.38. The fourth-order valence-electron chi connectivity index (χ4n) is 1.93. The summed E-state index contributed by atoms with van der Waals surface area (Å²) in [6, 6.07) is 5.58. The average molecular weight is 409 g/mol. The first-order valence-electron chi connectivity index (χ1n) is 5.72. The van der Waals surface area contributed by atoms with Crippen LogP contribution in [0.25, 0.3) is 0 Å². The molecule has 6 heteroatoms. The van der Waals surface area contributed by atoms with Crippen molar-refractivity contribution in [1.82, 2.24) is 0 Å². The van der Waals surface area contributed by atoms with Crippen molar-refractivity contribution < 1.29 is 13.2 Å². The van der Waals surface area contributed by atoms with Crippen LogP contribution in [0.5, 0.6) is 0 Å². The van der Waals surface area contributed by atoms with Crippen molar-refractivity contribution in [3.8, 4) is 0 Å². The second-order valence-corrected chi connectivity index (χ2v) is 6.10. The van der Waals surface area contributed by atoms with Gasteiger partial charge in [-0.1, -0.05) is 37.9 Å². The monoisotopic (exact) mass is 407 g/mol. The van der Waals surface area contributed by atoms with Crippen LogP contribution in [0.4, 0.5) is 13.2 Å². The van der Waals surface area contributed by atoms with E-state index in [-0.39, 0.29) is 12.0 Å². The molecule has 0 spiro atoms. The SMILES string of the molecule is NC(Cc1ccc(F)cc1Br)c1c(F)cc(Br)cc1F. The van der Waals surface area contributed by atoms with Crippen LogP contribution < -0.4 is 5.73 Å². The van der Waals surface area contributed by atoms with Crippen LogP contribution in [0, 0.1) is 17.5 Å². The molecule has 2 N–H and O–H groups in total. The van der Waals surface area contributed by atoms with Crippen LogP contribution in [0.2, 0.25) is 0 Å². The maximum atomic E-state index is 13.8. The van der Waals surface area contributed by atoms with Gasteiger partial charge in [0, 0.05) is 20.6 Å². The summed E-state index contributed by atoms with van der Waals surface area (Å²) < 4.78 is 41.4. The topological polar surface area (TPSA) is 26.0 Å². The Morgan fingerprint density at radius 1 is 1.00 bits per heavy atom. The molecule has 20 heavy (non-hydrogen) atoms. The number of hydrogen-bond acceptors (Lipinski definition) is 1. The molecule has 0 heterocycles. The highest BCUT2D eigenvalue weighted by Gasteiger charge is 2.19. The Labute approximate surface area is 131 Å². The van der Waals surface area contributed by atoms with Crippen LogP contribution in [-0.4, -0.2) is 0 Å². The summed E-state index contributed by atoms with van der Waals surface area (Å²) in [4.78, 5) is 0. The second-order valence-electron chi connectivity index (χ2n) is 4.33. The fourth-order valence-corrected chi connectivity index (χ4v) is 2.85. The van der Waals surface area contributed by atoms with Crippen molar-refractivity contribution in [2.75, 3.05) is 0 Å². The van der Waals surface area contributed by atoms with E-state index in [1.54, 1.807) is 0 Å². The van der Waals surface area contributed by atoms with Gasteiger partial charge in [-0.15, -0.1) is 0 Å². The van der Waals surface area contributed by atoms with Crippen molar-refractivity contribution in [1.29, 1.82) is 0 Å². The summed E-state index contributed by atoms with van der Waals surface area (Å²) in [5.41, 5.74) is 6.38. The van der Waals surface area contributed by atoms with Gasteiger partial charge in [-0.05, 0) is 36.2 Å². The van der Waals surface area contributed by atoms with Gasteiger partial charge < -0.3 is 5.73 Å². The third-order valence-electron chi connectivity index (χ3n) is 2.87. The maximum absolute atomic E-state index is 13.8. The van der Waals surface area contributed by atoms with Crippen molar-refractivity contribution in [2.24, 2.45) is 5.73 Å². The molecule has 0 bridgehead atoms. The Balaban J connectivity index is 2.31. The number of benzene rings is 2. The van der Waals surface area contributed by atoms with Gasteiger partial charge >= 0.3 is 0 Å². The average Bonchev–Trinajstić information content (AvgIpc) is 2.31. The summed E-state index contributed by atoms with van der Waals surface area (Å²) in [6.07, 6.45) is 0.191.